The van der Waals surface area contributed by atoms with Gasteiger partial charge >= 0.3 is 0 Å². The van der Waals surface area contributed by atoms with Gasteiger partial charge in [0.2, 0.25) is 5.82 Å². The van der Waals surface area contributed by atoms with E-state index in [-0.39, 0.29) is 16.5 Å². The standard InChI is InChI=1S/C28H40N2.C14H6F5N/c1-8-11-23-15-24(18-26(17-23)28(5,6)7)20-30(21(4)19-29)27-14-13-22(10-3)16-25(27)12-9-2;15-10-9(11(16)13(18)14(19)12(10)17)5-7-3-1-2-4-8(7)6-20/h10,13-18H,3-4,8-9,11-12,19-20,29H2,1-2,5-7H3;1-4H,5H2. The summed E-state index contributed by atoms with van der Waals surface area (Å²) in [4.78, 5) is 2.30. The Balaban J connectivity index is 0.000000292. The van der Waals surface area contributed by atoms with E-state index >= 15 is 0 Å². The highest BCUT2D eigenvalue weighted by atomic mass is 19.2. The Labute approximate surface area is 293 Å². The fourth-order valence-corrected chi connectivity index (χ4v) is 5.62. The number of halogens is 5. The molecule has 2 N–H and O–H groups in total. The van der Waals surface area contributed by atoms with Gasteiger partial charge in [-0.25, -0.2) is 22.0 Å². The largest absolute Gasteiger partial charge is 0.340 e. The molecule has 0 aliphatic carbocycles. The van der Waals surface area contributed by atoms with Gasteiger partial charge in [-0.2, -0.15) is 5.26 Å². The molecule has 4 aromatic rings. The Morgan fingerprint density at radius 1 is 0.820 bits per heavy atom. The molecule has 0 saturated heterocycles. The molecule has 4 aromatic carbocycles. The number of anilines is 1. The monoisotopic (exact) mass is 687 g/mol. The molecule has 0 atom stereocenters. The molecule has 0 aromatic heterocycles. The predicted molar refractivity (Wildman–Crippen MR) is 194 cm³/mol. The molecule has 8 heteroatoms. The molecule has 4 rings (SSSR count). The molecule has 0 amide bonds. The maximum absolute atomic E-state index is 13.5. The van der Waals surface area contributed by atoms with Crippen LogP contribution in [-0.2, 0) is 31.2 Å². The van der Waals surface area contributed by atoms with E-state index < -0.39 is 41.1 Å². The Bertz CT molecular complexity index is 1840. The topological polar surface area (TPSA) is 53.0 Å². The van der Waals surface area contributed by atoms with Crippen LogP contribution in [0.15, 0.2) is 79.5 Å². The molecule has 0 spiro atoms. The van der Waals surface area contributed by atoms with Crippen molar-refractivity contribution in [2.24, 2.45) is 5.73 Å². The highest BCUT2D eigenvalue weighted by molar-refractivity contribution is 5.63. The molecular weight excluding hydrogens is 641 g/mol. The molecule has 0 unspecified atom stereocenters. The number of hydrogen-bond acceptors (Lipinski definition) is 3. The molecule has 0 heterocycles. The van der Waals surface area contributed by atoms with Gasteiger partial charge in [-0.05, 0) is 69.8 Å². The van der Waals surface area contributed by atoms with Crippen molar-refractivity contribution in [2.75, 3.05) is 11.4 Å². The van der Waals surface area contributed by atoms with E-state index in [1.54, 1.807) is 6.07 Å². The maximum Gasteiger partial charge on any atom is 0.200 e. The Hall–Kier alpha value is -4.74. The van der Waals surface area contributed by atoms with Crippen LogP contribution in [0.3, 0.4) is 0 Å². The molecule has 0 bridgehead atoms. The number of rotatable bonds is 12. The van der Waals surface area contributed by atoms with Crippen LogP contribution in [-0.4, -0.2) is 6.54 Å². The van der Waals surface area contributed by atoms with Crippen LogP contribution in [0.25, 0.3) is 6.08 Å². The molecule has 0 fully saturated rings. The number of aryl methyl sites for hydroxylation is 2. The quantitative estimate of drug-likeness (QED) is 0.0916. The van der Waals surface area contributed by atoms with E-state index in [1.807, 2.05) is 6.08 Å². The predicted octanol–water partition coefficient (Wildman–Crippen LogP) is 10.9. The summed E-state index contributed by atoms with van der Waals surface area (Å²) in [5.41, 5.74) is 14.3. The van der Waals surface area contributed by atoms with Gasteiger partial charge in [-0.3, -0.25) is 0 Å². The van der Waals surface area contributed by atoms with Crippen LogP contribution in [0.2, 0.25) is 0 Å². The van der Waals surface area contributed by atoms with Crippen molar-refractivity contribution in [2.45, 2.75) is 78.7 Å². The van der Waals surface area contributed by atoms with Crippen LogP contribution < -0.4 is 10.6 Å². The van der Waals surface area contributed by atoms with Crippen LogP contribution in [0.4, 0.5) is 27.6 Å². The van der Waals surface area contributed by atoms with E-state index in [2.05, 4.69) is 89.1 Å². The van der Waals surface area contributed by atoms with Gasteiger partial charge in [0.05, 0.1) is 11.6 Å². The van der Waals surface area contributed by atoms with Crippen molar-refractivity contribution in [1.29, 1.82) is 5.26 Å². The Kier molecular flexibility index (Phi) is 14.1. The second-order valence-electron chi connectivity index (χ2n) is 13.2. The lowest BCUT2D eigenvalue weighted by Gasteiger charge is -2.30. The Morgan fingerprint density at radius 3 is 1.98 bits per heavy atom. The van der Waals surface area contributed by atoms with Crippen molar-refractivity contribution >= 4 is 11.8 Å². The minimum absolute atomic E-state index is 0.108. The van der Waals surface area contributed by atoms with Crippen molar-refractivity contribution in [3.63, 3.8) is 0 Å². The SMILES string of the molecule is C=Cc1ccc(N(Cc2cc(CCC)cc(C(C)(C)C)c2)C(=C)CN)c(CCC)c1.N#Cc1ccccc1Cc1c(F)c(F)c(F)c(F)c1F. The first-order valence-corrected chi connectivity index (χ1v) is 16.7. The maximum atomic E-state index is 13.5. The minimum Gasteiger partial charge on any atom is -0.340 e. The average molecular weight is 688 g/mol. The summed E-state index contributed by atoms with van der Waals surface area (Å²) in [6.07, 6.45) is 5.72. The fourth-order valence-electron chi connectivity index (χ4n) is 5.62. The normalized spacial score (nSPS) is 11.0. The summed E-state index contributed by atoms with van der Waals surface area (Å²) < 4.78 is 66.1. The van der Waals surface area contributed by atoms with Gasteiger partial charge in [-0.15, -0.1) is 0 Å². The van der Waals surface area contributed by atoms with Gasteiger partial charge in [0.25, 0.3) is 0 Å². The second-order valence-corrected chi connectivity index (χ2v) is 13.2. The second kappa shape index (κ2) is 17.8. The number of nitrogens with two attached hydrogens (primary N) is 1. The van der Waals surface area contributed by atoms with Crippen LogP contribution in [0.5, 0.6) is 0 Å². The molecule has 264 valence electrons. The van der Waals surface area contributed by atoms with Gasteiger partial charge in [0.1, 0.15) is 0 Å². The third-order valence-corrected chi connectivity index (χ3v) is 8.37. The fraction of sp³-hybridized carbons (Fsp3) is 0.310. The highest BCUT2D eigenvalue weighted by Gasteiger charge is 2.26. The molecule has 0 radical (unpaired) electrons. The first kappa shape index (κ1) is 39.7. The number of hydrogen-bond donors (Lipinski definition) is 1. The number of nitriles is 1. The highest BCUT2D eigenvalue weighted by Crippen LogP contribution is 2.31. The first-order chi connectivity index (χ1) is 23.7. The summed E-state index contributed by atoms with van der Waals surface area (Å²) in [5.74, 6) is -9.94. The zero-order chi connectivity index (χ0) is 37.2. The van der Waals surface area contributed by atoms with Gasteiger partial charge < -0.3 is 10.6 Å². The van der Waals surface area contributed by atoms with Crippen molar-refractivity contribution < 1.29 is 22.0 Å². The average Bonchev–Trinajstić information content (AvgIpc) is 3.10. The van der Waals surface area contributed by atoms with Crippen molar-refractivity contribution in [3.05, 3.63) is 153 Å². The Morgan fingerprint density at radius 2 is 1.42 bits per heavy atom. The molecule has 0 aliphatic rings. The van der Waals surface area contributed by atoms with Gasteiger partial charge in [-0.1, -0.05) is 109 Å². The number of nitrogens with zero attached hydrogens (tertiary/aromatic N) is 2. The lowest BCUT2D eigenvalue weighted by molar-refractivity contribution is 0.371. The lowest BCUT2D eigenvalue weighted by Crippen LogP contribution is -2.27. The van der Waals surface area contributed by atoms with E-state index in [9.17, 15) is 22.0 Å². The van der Waals surface area contributed by atoms with Gasteiger partial charge in [0.15, 0.2) is 23.3 Å². The van der Waals surface area contributed by atoms with Crippen LogP contribution >= 0.6 is 0 Å². The molecule has 0 saturated carbocycles. The third kappa shape index (κ3) is 9.70. The van der Waals surface area contributed by atoms with Crippen molar-refractivity contribution in [3.8, 4) is 6.07 Å². The summed E-state index contributed by atoms with van der Waals surface area (Å²) in [6.45, 7) is 20.8. The summed E-state index contributed by atoms with van der Waals surface area (Å²) in [7, 11) is 0. The number of benzene rings is 4. The lowest BCUT2D eigenvalue weighted by atomic mass is 9.84. The molecule has 50 heavy (non-hydrogen) atoms. The van der Waals surface area contributed by atoms with E-state index in [1.165, 1.54) is 52.2 Å². The van der Waals surface area contributed by atoms with Crippen molar-refractivity contribution in [1.82, 2.24) is 0 Å². The molecule has 0 aliphatic heterocycles. The van der Waals surface area contributed by atoms with E-state index in [0.29, 0.717) is 6.54 Å². The van der Waals surface area contributed by atoms with E-state index in [0.717, 1.165) is 43.5 Å². The van der Waals surface area contributed by atoms with E-state index in [4.69, 9.17) is 11.0 Å². The molecule has 3 nitrogen and oxygen atoms in total. The molecular formula is C42H46F5N3. The summed E-state index contributed by atoms with van der Waals surface area (Å²) in [5, 5.41) is 8.84. The van der Waals surface area contributed by atoms with Gasteiger partial charge in [0, 0.05) is 36.5 Å². The summed E-state index contributed by atoms with van der Waals surface area (Å²) in [6, 6.07) is 21.3. The minimum atomic E-state index is -2.20. The summed E-state index contributed by atoms with van der Waals surface area (Å²) >= 11 is 0. The first-order valence-electron chi connectivity index (χ1n) is 16.7. The third-order valence-electron chi connectivity index (χ3n) is 8.37. The van der Waals surface area contributed by atoms with Crippen LogP contribution in [0.1, 0.15) is 92.0 Å². The zero-order valence-corrected chi connectivity index (χ0v) is 29.6. The zero-order valence-electron chi connectivity index (χ0n) is 29.6. The smallest absolute Gasteiger partial charge is 0.200 e. The van der Waals surface area contributed by atoms with Crippen LogP contribution in [0, 0.1) is 40.4 Å².